The summed E-state index contributed by atoms with van der Waals surface area (Å²) in [5, 5.41) is 2.69. The zero-order valence-electron chi connectivity index (χ0n) is 15.8. The molecule has 124 valence electrons. The Balaban J connectivity index is 2.27. The molecule has 0 nitrogen and oxygen atoms in total. The van der Waals surface area contributed by atoms with Gasteiger partial charge in [0.2, 0.25) is 0 Å². The quantitative estimate of drug-likeness (QED) is 0.449. The van der Waals surface area contributed by atoms with E-state index in [1.807, 2.05) is 0 Å². The van der Waals surface area contributed by atoms with Crippen molar-refractivity contribution in [1.82, 2.24) is 0 Å². The molecular weight excluding hydrogens is 288 g/mol. The van der Waals surface area contributed by atoms with Gasteiger partial charge in [0, 0.05) is 0 Å². The van der Waals surface area contributed by atoms with Crippen LogP contribution in [0.1, 0.15) is 52.7 Å². The lowest BCUT2D eigenvalue weighted by Gasteiger charge is -2.24. The van der Waals surface area contributed by atoms with E-state index in [0.717, 1.165) is 0 Å². The van der Waals surface area contributed by atoms with Gasteiger partial charge in [-0.05, 0) is 49.9 Å². The van der Waals surface area contributed by atoms with Crippen LogP contribution in [-0.4, -0.2) is 0 Å². The molecule has 24 heavy (non-hydrogen) atoms. The summed E-state index contributed by atoms with van der Waals surface area (Å²) in [6, 6.07) is 22.4. The lowest BCUT2D eigenvalue weighted by atomic mass is 9.80. The average Bonchev–Trinajstić information content (AvgIpc) is 2.52. The Morgan fingerprint density at radius 2 is 1.21 bits per heavy atom. The van der Waals surface area contributed by atoms with Crippen molar-refractivity contribution in [2.75, 3.05) is 0 Å². The molecule has 0 aromatic heterocycles. The molecule has 0 aliphatic carbocycles. The summed E-state index contributed by atoms with van der Waals surface area (Å²) in [7, 11) is 0. The van der Waals surface area contributed by atoms with Crippen LogP contribution in [-0.2, 0) is 10.8 Å². The molecule has 3 aromatic carbocycles. The maximum Gasteiger partial charge on any atom is -0.0126 e. The molecule has 0 saturated heterocycles. The van der Waals surface area contributed by atoms with Gasteiger partial charge in [0.25, 0.3) is 0 Å². The molecule has 3 aromatic rings. The third-order valence-electron chi connectivity index (χ3n) is 4.74. The minimum absolute atomic E-state index is 0.134. The summed E-state index contributed by atoms with van der Waals surface area (Å²) < 4.78 is 0. The second kappa shape index (κ2) is 5.77. The normalized spacial score (nSPS) is 12.6. The first kappa shape index (κ1) is 16.8. The van der Waals surface area contributed by atoms with Crippen molar-refractivity contribution >= 4 is 10.8 Å². The molecule has 3 rings (SSSR count). The van der Waals surface area contributed by atoms with Crippen LogP contribution in [0, 0.1) is 0 Å². The van der Waals surface area contributed by atoms with Gasteiger partial charge in [-0.25, -0.2) is 0 Å². The highest BCUT2D eigenvalue weighted by Crippen LogP contribution is 2.36. The predicted octanol–water partition coefficient (Wildman–Crippen LogP) is 7.10. The summed E-state index contributed by atoms with van der Waals surface area (Å²) in [5.74, 6) is 0. The summed E-state index contributed by atoms with van der Waals surface area (Å²) in [4.78, 5) is 0. The number of hydrogen-bond acceptors (Lipinski definition) is 0. The smallest absolute Gasteiger partial charge is 0.0126 e. The van der Waals surface area contributed by atoms with Gasteiger partial charge in [-0.3, -0.25) is 0 Å². The molecule has 0 heterocycles. The van der Waals surface area contributed by atoms with Crippen molar-refractivity contribution < 1.29 is 0 Å². The van der Waals surface area contributed by atoms with Crippen LogP contribution in [0.4, 0.5) is 0 Å². The minimum atomic E-state index is 0.134. The highest BCUT2D eigenvalue weighted by Gasteiger charge is 2.20. The molecule has 0 spiro atoms. The first-order chi connectivity index (χ1) is 11.2. The van der Waals surface area contributed by atoms with Crippen molar-refractivity contribution in [3.8, 4) is 11.1 Å². The SMILES string of the molecule is CC(C)(C)c1ccccc1-c1ccc2cccc(C(C)(C)C)c2c1. The van der Waals surface area contributed by atoms with Crippen LogP contribution in [0.2, 0.25) is 0 Å². The largest absolute Gasteiger partial charge is 0.0619 e. The van der Waals surface area contributed by atoms with Gasteiger partial charge >= 0.3 is 0 Å². The second-order valence-corrected chi connectivity index (χ2v) is 8.79. The van der Waals surface area contributed by atoms with E-state index in [4.69, 9.17) is 0 Å². The van der Waals surface area contributed by atoms with Crippen LogP contribution in [0.25, 0.3) is 21.9 Å². The highest BCUT2D eigenvalue weighted by atomic mass is 14.2. The van der Waals surface area contributed by atoms with Crippen molar-refractivity contribution in [3.05, 3.63) is 71.8 Å². The Labute approximate surface area is 146 Å². The topological polar surface area (TPSA) is 0 Å². The second-order valence-electron chi connectivity index (χ2n) is 8.79. The monoisotopic (exact) mass is 316 g/mol. The van der Waals surface area contributed by atoms with Gasteiger partial charge < -0.3 is 0 Å². The molecule has 0 amide bonds. The lowest BCUT2D eigenvalue weighted by Crippen LogP contribution is -2.13. The Hall–Kier alpha value is -2.08. The molecule has 0 unspecified atom stereocenters. The summed E-state index contributed by atoms with van der Waals surface area (Å²) in [6.45, 7) is 13.7. The van der Waals surface area contributed by atoms with Crippen LogP contribution in [0.15, 0.2) is 60.7 Å². The number of fused-ring (bicyclic) bond motifs is 1. The molecular formula is C24H28. The van der Waals surface area contributed by atoms with Crippen molar-refractivity contribution in [3.63, 3.8) is 0 Å². The predicted molar refractivity (Wildman–Crippen MR) is 107 cm³/mol. The van der Waals surface area contributed by atoms with Gasteiger partial charge in [-0.1, -0.05) is 96.1 Å². The van der Waals surface area contributed by atoms with Crippen LogP contribution >= 0.6 is 0 Å². The third-order valence-corrected chi connectivity index (χ3v) is 4.74. The van der Waals surface area contributed by atoms with Gasteiger partial charge in [-0.15, -0.1) is 0 Å². The van der Waals surface area contributed by atoms with E-state index in [0.29, 0.717) is 0 Å². The molecule has 0 aliphatic heterocycles. The molecule has 0 N–H and O–H groups in total. The van der Waals surface area contributed by atoms with Gasteiger partial charge in [-0.2, -0.15) is 0 Å². The zero-order chi connectivity index (χ0) is 17.5. The molecule has 0 heteroatoms. The first-order valence-electron chi connectivity index (χ1n) is 8.81. The summed E-state index contributed by atoms with van der Waals surface area (Å²) in [6.07, 6.45) is 0. The Morgan fingerprint density at radius 1 is 0.583 bits per heavy atom. The van der Waals surface area contributed by atoms with Gasteiger partial charge in [0.15, 0.2) is 0 Å². The van der Waals surface area contributed by atoms with E-state index in [2.05, 4.69) is 102 Å². The molecule has 0 fully saturated rings. The van der Waals surface area contributed by atoms with E-state index >= 15 is 0 Å². The van der Waals surface area contributed by atoms with Crippen molar-refractivity contribution in [1.29, 1.82) is 0 Å². The van der Waals surface area contributed by atoms with E-state index < -0.39 is 0 Å². The summed E-state index contributed by atoms with van der Waals surface area (Å²) >= 11 is 0. The van der Waals surface area contributed by atoms with E-state index in [1.165, 1.54) is 33.0 Å². The fourth-order valence-corrected chi connectivity index (χ4v) is 3.48. The van der Waals surface area contributed by atoms with Crippen LogP contribution < -0.4 is 0 Å². The van der Waals surface area contributed by atoms with Crippen molar-refractivity contribution in [2.24, 2.45) is 0 Å². The Bertz CT molecular complexity index is 870. The molecule has 0 radical (unpaired) electrons. The maximum absolute atomic E-state index is 2.38. The maximum atomic E-state index is 2.38. The molecule has 0 atom stereocenters. The highest BCUT2D eigenvalue weighted by molar-refractivity contribution is 5.91. The third kappa shape index (κ3) is 3.11. The standard InChI is InChI=1S/C24H28/c1-23(2,3)21-12-8-7-11-19(21)18-15-14-17-10-9-13-22(20(17)16-18)24(4,5)6/h7-16H,1-6H3. The minimum Gasteiger partial charge on any atom is -0.0619 e. The fourth-order valence-electron chi connectivity index (χ4n) is 3.48. The lowest BCUT2D eigenvalue weighted by molar-refractivity contribution is 0.592. The summed E-state index contributed by atoms with van der Waals surface area (Å²) in [5.41, 5.74) is 5.74. The number of rotatable bonds is 1. The van der Waals surface area contributed by atoms with Gasteiger partial charge in [0.05, 0.1) is 0 Å². The fraction of sp³-hybridized carbons (Fsp3) is 0.333. The van der Waals surface area contributed by atoms with E-state index in [-0.39, 0.29) is 10.8 Å². The molecule has 0 saturated carbocycles. The molecule has 0 bridgehead atoms. The zero-order valence-corrected chi connectivity index (χ0v) is 15.8. The molecule has 0 aliphatic rings. The Kier molecular flexibility index (Phi) is 4.03. The van der Waals surface area contributed by atoms with Crippen LogP contribution in [0.5, 0.6) is 0 Å². The van der Waals surface area contributed by atoms with Crippen LogP contribution in [0.3, 0.4) is 0 Å². The van der Waals surface area contributed by atoms with E-state index in [1.54, 1.807) is 0 Å². The van der Waals surface area contributed by atoms with E-state index in [9.17, 15) is 0 Å². The number of hydrogen-bond donors (Lipinski definition) is 0. The number of benzene rings is 3. The Morgan fingerprint density at radius 3 is 1.88 bits per heavy atom. The average molecular weight is 316 g/mol. The van der Waals surface area contributed by atoms with Gasteiger partial charge in [0.1, 0.15) is 0 Å². The first-order valence-corrected chi connectivity index (χ1v) is 8.81. The van der Waals surface area contributed by atoms with Crippen molar-refractivity contribution in [2.45, 2.75) is 52.4 Å².